The van der Waals surface area contributed by atoms with Crippen LogP contribution in [-0.2, 0) is 14.3 Å². The standard InChI is InChI=1S/C18H32N2O3/c1-17(2)16(21)20(18(17,3)4)13-19-9-7-14(8-10-19)23-12-15-6-5-11-22-15/h14-15H,5-13H2,1-4H3/t15-/m1/s1. The first-order valence-corrected chi connectivity index (χ1v) is 9.10. The number of piperidine rings is 1. The fraction of sp³-hybridized carbons (Fsp3) is 0.944. The summed E-state index contributed by atoms with van der Waals surface area (Å²) in [5.41, 5.74) is -0.299. The highest BCUT2D eigenvalue weighted by Gasteiger charge is 2.60. The van der Waals surface area contributed by atoms with E-state index < -0.39 is 0 Å². The second-order valence-corrected chi connectivity index (χ2v) is 8.34. The lowest BCUT2D eigenvalue weighted by molar-refractivity contribution is -0.189. The molecule has 3 saturated heterocycles. The van der Waals surface area contributed by atoms with Gasteiger partial charge in [-0.15, -0.1) is 0 Å². The molecular weight excluding hydrogens is 292 g/mol. The zero-order valence-corrected chi connectivity index (χ0v) is 15.1. The van der Waals surface area contributed by atoms with Crippen molar-refractivity contribution in [2.75, 3.05) is 33.0 Å². The van der Waals surface area contributed by atoms with Crippen LogP contribution in [0.15, 0.2) is 0 Å². The van der Waals surface area contributed by atoms with E-state index in [0.29, 0.717) is 12.2 Å². The van der Waals surface area contributed by atoms with Crippen molar-refractivity contribution in [1.82, 2.24) is 9.80 Å². The van der Waals surface area contributed by atoms with Crippen LogP contribution in [0, 0.1) is 5.41 Å². The molecule has 0 spiro atoms. The van der Waals surface area contributed by atoms with Gasteiger partial charge in [-0.2, -0.15) is 0 Å². The maximum absolute atomic E-state index is 12.3. The van der Waals surface area contributed by atoms with Crippen molar-refractivity contribution < 1.29 is 14.3 Å². The first-order valence-electron chi connectivity index (χ1n) is 9.10. The van der Waals surface area contributed by atoms with Gasteiger partial charge >= 0.3 is 0 Å². The second kappa shape index (κ2) is 6.34. The van der Waals surface area contributed by atoms with Gasteiger partial charge in [0, 0.05) is 19.7 Å². The number of β-lactam (4-membered cyclic amide) rings is 1. The lowest BCUT2D eigenvalue weighted by Crippen LogP contribution is -2.74. The lowest BCUT2D eigenvalue weighted by Gasteiger charge is -2.61. The summed E-state index contributed by atoms with van der Waals surface area (Å²) in [5, 5.41) is 0. The number of carbonyl (C=O) groups is 1. The van der Waals surface area contributed by atoms with Gasteiger partial charge in [-0.1, -0.05) is 0 Å². The molecule has 3 aliphatic rings. The highest BCUT2D eigenvalue weighted by atomic mass is 16.5. The van der Waals surface area contributed by atoms with E-state index in [1.165, 1.54) is 6.42 Å². The molecule has 0 aromatic carbocycles. The van der Waals surface area contributed by atoms with Crippen molar-refractivity contribution >= 4 is 5.91 Å². The van der Waals surface area contributed by atoms with Crippen molar-refractivity contribution in [1.29, 1.82) is 0 Å². The van der Waals surface area contributed by atoms with Crippen LogP contribution < -0.4 is 0 Å². The Morgan fingerprint density at radius 1 is 1.17 bits per heavy atom. The van der Waals surface area contributed by atoms with Gasteiger partial charge in [0.2, 0.25) is 5.91 Å². The Morgan fingerprint density at radius 3 is 2.43 bits per heavy atom. The fourth-order valence-corrected chi connectivity index (χ4v) is 3.81. The van der Waals surface area contributed by atoms with Gasteiger partial charge in [-0.05, 0) is 53.4 Å². The molecule has 0 N–H and O–H groups in total. The summed E-state index contributed by atoms with van der Waals surface area (Å²) in [7, 11) is 0. The van der Waals surface area contributed by atoms with Crippen LogP contribution in [0.1, 0.15) is 53.4 Å². The van der Waals surface area contributed by atoms with Crippen LogP contribution in [-0.4, -0.2) is 66.4 Å². The van der Waals surface area contributed by atoms with Gasteiger partial charge in [-0.25, -0.2) is 0 Å². The zero-order valence-electron chi connectivity index (χ0n) is 15.1. The minimum atomic E-state index is -0.240. The molecular formula is C18H32N2O3. The van der Waals surface area contributed by atoms with Crippen molar-refractivity contribution in [3.05, 3.63) is 0 Å². The Morgan fingerprint density at radius 2 is 1.87 bits per heavy atom. The largest absolute Gasteiger partial charge is 0.376 e. The van der Waals surface area contributed by atoms with E-state index in [-0.39, 0.29) is 16.9 Å². The Hall–Kier alpha value is -0.650. The Kier molecular flexibility index (Phi) is 4.73. The minimum Gasteiger partial charge on any atom is -0.376 e. The average Bonchev–Trinajstić information content (AvgIpc) is 3.04. The molecule has 3 rings (SSSR count). The summed E-state index contributed by atoms with van der Waals surface area (Å²) >= 11 is 0. The summed E-state index contributed by atoms with van der Waals surface area (Å²) in [6.45, 7) is 12.9. The highest BCUT2D eigenvalue weighted by Crippen LogP contribution is 2.47. The average molecular weight is 324 g/mol. The Balaban J connectivity index is 1.40. The first kappa shape index (κ1) is 17.2. The van der Waals surface area contributed by atoms with E-state index >= 15 is 0 Å². The number of likely N-dealkylation sites (tertiary alicyclic amines) is 2. The molecule has 3 heterocycles. The molecule has 3 aliphatic heterocycles. The molecule has 132 valence electrons. The molecule has 23 heavy (non-hydrogen) atoms. The van der Waals surface area contributed by atoms with E-state index in [0.717, 1.165) is 52.2 Å². The molecule has 5 heteroatoms. The third-order valence-electron chi connectivity index (χ3n) is 6.40. The van der Waals surface area contributed by atoms with Gasteiger partial charge in [0.25, 0.3) is 0 Å². The molecule has 0 unspecified atom stereocenters. The molecule has 5 nitrogen and oxygen atoms in total. The monoisotopic (exact) mass is 324 g/mol. The van der Waals surface area contributed by atoms with Gasteiger partial charge in [0.1, 0.15) is 0 Å². The maximum atomic E-state index is 12.3. The van der Waals surface area contributed by atoms with Crippen molar-refractivity contribution in [2.24, 2.45) is 5.41 Å². The van der Waals surface area contributed by atoms with Gasteiger partial charge in [-0.3, -0.25) is 9.69 Å². The first-order chi connectivity index (χ1) is 10.8. The molecule has 1 atom stereocenters. The van der Waals surface area contributed by atoms with E-state index in [1.54, 1.807) is 0 Å². The number of hydrogen-bond acceptors (Lipinski definition) is 4. The molecule has 0 saturated carbocycles. The van der Waals surface area contributed by atoms with E-state index in [1.807, 2.05) is 4.90 Å². The summed E-state index contributed by atoms with van der Waals surface area (Å²) in [5.74, 6) is 0.277. The van der Waals surface area contributed by atoms with Crippen LogP contribution in [0.2, 0.25) is 0 Å². The van der Waals surface area contributed by atoms with Crippen molar-refractivity contribution in [3.63, 3.8) is 0 Å². The molecule has 1 amide bonds. The summed E-state index contributed by atoms with van der Waals surface area (Å²) < 4.78 is 11.6. The molecule has 0 aromatic heterocycles. The fourth-order valence-electron chi connectivity index (χ4n) is 3.81. The molecule has 0 aliphatic carbocycles. The topological polar surface area (TPSA) is 42.0 Å². The van der Waals surface area contributed by atoms with Crippen LogP contribution >= 0.6 is 0 Å². The number of nitrogens with zero attached hydrogens (tertiary/aromatic N) is 2. The minimum absolute atomic E-state index is 0.0583. The van der Waals surface area contributed by atoms with E-state index in [2.05, 4.69) is 32.6 Å². The summed E-state index contributed by atoms with van der Waals surface area (Å²) in [4.78, 5) is 16.8. The van der Waals surface area contributed by atoms with Crippen LogP contribution in [0.3, 0.4) is 0 Å². The quantitative estimate of drug-likeness (QED) is 0.728. The normalized spacial score (nSPS) is 31.4. The summed E-state index contributed by atoms with van der Waals surface area (Å²) in [6.07, 6.45) is 5.09. The van der Waals surface area contributed by atoms with Crippen molar-refractivity contribution in [2.45, 2.75) is 71.1 Å². The molecule has 3 fully saturated rings. The number of ether oxygens (including phenoxy) is 2. The maximum Gasteiger partial charge on any atom is 0.232 e. The number of carbonyl (C=O) groups excluding carboxylic acids is 1. The van der Waals surface area contributed by atoms with Gasteiger partial charge in [0.05, 0.1) is 36.4 Å². The third-order valence-corrected chi connectivity index (χ3v) is 6.40. The number of rotatable bonds is 5. The Bertz CT molecular complexity index is 436. The highest BCUT2D eigenvalue weighted by molar-refractivity contribution is 5.90. The molecule has 0 bridgehead atoms. The van der Waals surface area contributed by atoms with Crippen LogP contribution in [0.4, 0.5) is 0 Å². The predicted octanol–water partition coefficient (Wildman–Crippen LogP) is 2.25. The summed E-state index contributed by atoms with van der Waals surface area (Å²) in [6, 6.07) is 0. The van der Waals surface area contributed by atoms with E-state index in [4.69, 9.17) is 9.47 Å². The number of amides is 1. The molecule has 0 radical (unpaired) electrons. The number of hydrogen-bond donors (Lipinski definition) is 0. The zero-order chi connectivity index (χ0) is 16.7. The third kappa shape index (κ3) is 3.15. The molecule has 0 aromatic rings. The Labute approximate surface area is 140 Å². The van der Waals surface area contributed by atoms with Crippen LogP contribution in [0.5, 0.6) is 0 Å². The van der Waals surface area contributed by atoms with E-state index in [9.17, 15) is 4.79 Å². The lowest BCUT2D eigenvalue weighted by atomic mass is 9.64. The second-order valence-electron chi connectivity index (χ2n) is 8.34. The van der Waals surface area contributed by atoms with Gasteiger partial charge in [0.15, 0.2) is 0 Å². The van der Waals surface area contributed by atoms with Crippen LogP contribution in [0.25, 0.3) is 0 Å². The van der Waals surface area contributed by atoms with Gasteiger partial charge < -0.3 is 14.4 Å². The smallest absolute Gasteiger partial charge is 0.232 e. The SMILES string of the molecule is CC1(C)C(=O)N(CN2CCC(OC[C@H]3CCCO3)CC2)C1(C)C. The van der Waals surface area contributed by atoms with Crippen molar-refractivity contribution in [3.8, 4) is 0 Å². The predicted molar refractivity (Wildman–Crippen MR) is 89.1 cm³/mol.